The van der Waals surface area contributed by atoms with E-state index < -0.39 is 0 Å². The highest BCUT2D eigenvalue weighted by atomic mass is 15.0. The van der Waals surface area contributed by atoms with Gasteiger partial charge in [-0.25, -0.2) is 0 Å². The van der Waals surface area contributed by atoms with E-state index in [1.54, 1.807) is 6.08 Å². The van der Waals surface area contributed by atoms with Crippen molar-refractivity contribution in [2.45, 2.75) is 126 Å². The molecule has 3 rings (SSSR count). The first kappa shape index (κ1) is 41.6. The average molecular weight is 637 g/mol. The monoisotopic (exact) mass is 637 g/mol. The van der Waals surface area contributed by atoms with Crippen LogP contribution in [0.1, 0.15) is 130 Å². The van der Waals surface area contributed by atoms with Crippen LogP contribution in [0, 0.1) is 24.7 Å². The number of nitrogens with one attached hydrogen (secondary N) is 1. The molecule has 1 N–H and O–H groups in total. The van der Waals surface area contributed by atoms with E-state index >= 15 is 0 Å². The average Bonchev–Trinajstić information content (AvgIpc) is 3.09. The van der Waals surface area contributed by atoms with Gasteiger partial charge in [-0.15, -0.1) is 6.58 Å². The van der Waals surface area contributed by atoms with Crippen molar-refractivity contribution in [1.29, 1.82) is 0 Å². The van der Waals surface area contributed by atoms with Crippen molar-refractivity contribution in [2.75, 3.05) is 0 Å². The first-order valence-electron chi connectivity index (χ1n) is 18.5. The normalized spacial score (nSPS) is 16.8. The minimum Gasteiger partial charge on any atom is -0.385 e. The molecule has 258 valence electrons. The number of aryl methyl sites for hydroxylation is 1. The Hall–Kier alpha value is -3.39. The number of benzene rings is 2. The Labute approximate surface area is 291 Å². The van der Waals surface area contributed by atoms with Crippen LogP contribution in [0.15, 0.2) is 115 Å². The van der Waals surface area contributed by atoms with E-state index in [1.807, 2.05) is 26.8 Å². The molecule has 4 atom stereocenters. The molecular formula is C45H68N2. The van der Waals surface area contributed by atoms with Gasteiger partial charge in [-0.3, -0.25) is 4.99 Å². The predicted octanol–water partition coefficient (Wildman–Crippen LogP) is 13.5. The lowest BCUT2D eigenvalue weighted by Crippen LogP contribution is -2.34. The van der Waals surface area contributed by atoms with Gasteiger partial charge in [-0.2, -0.15) is 0 Å². The number of aliphatic imine (C=N–C) groups is 1. The third-order valence-corrected chi connectivity index (χ3v) is 9.22. The second-order valence-corrected chi connectivity index (χ2v) is 12.9. The maximum absolute atomic E-state index is 5.15. The van der Waals surface area contributed by atoms with Crippen molar-refractivity contribution in [3.05, 3.63) is 126 Å². The van der Waals surface area contributed by atoms with Gasteiger partial charge in [0.25, 0.3) is 0 Å². The molecule has 0 fully saturated rings. The van der Waals surface area contributed by atoms with Crippen LogP contribution in [-0.2, 0) is 0 Å². The highest BCUT2D eigenvalue weighted by Gasteiger charge is 2.25. The van der Waals surface area contributed by atoms with Crippen molar-refractivity contribution in [3.63, 3.8) is 0 Å². The van der Waals surface area contributed by atoms with Crippen LogP contribution in [-0.4, -0.2) is 11.8 Å². The number of hydrogen-bond donors (Lipinski definition) is 1. The number of hydrogen-bond acceptors (Lipinski definition) is 2. The summed E-state index contributed by atoms with van der Waals surface area (Å²) in [6, 6.07) is 19.7. The molecule has 1 aliphatic rings. The summed E-state index contributed by atoms with van der Waals surface area (Å²) >= 11 is 0. The zero-order valence-corrected chi connectivity index (χ0v) is 31.7. The van der Waals surface area contributed by atoms with Crippen molar-refractivity contribution in [1.82, 2.24) is 5.32 Å². The van der Waals surface area contributed by atoms with Crippen LogP contribution in [0.5, 0.6) is 0 Å². The predicted molar refractivity (Wildman–Crippen MR) is 213 cm³/mol. The molecule has 2 aromatic rings. The van der Waals surface area contributed by atoms with E-state index in [0.717, 1.165) is 35.2 Å². The first-order chi connectivity index (χ1) is 22.7. The smallest absolute Gasteiger partial charge is 0.0725 e. The van der Waals surface area contributed by atoms with Crippen LogP contribution < -0.4 is 5.32 Å². The van der Waals surface area contributed by atoms with Gasteiger partial charge in [-0.1, -0.05) is 141 Å². The van der Waals surface area contributed by atoms with Gasteiger partial charge in [0.15, 0.2) is 0 Å². The fraction of sp³-hybridized carbons (Fsp3) is 0.489. The summed E-state index contributed by atoms with van der Waals surface area (Å²) < 4.78 is 0. The fourth-order valence-electron chi connectivity index (χ4n) is 6.43. The molecule has 1 heterocycles. The molecule has 2 heteroatoms. The van der Waals surface area contributed by atoms with Crippen LogP contribution in [0.4, 0.5) is 0 Å². The third-order valence-electron chi connectivity index (χ3n) is 9.22. The highest BCUT2D eigenvalue weighted by molar-refractivity contribution is 6.11. The molecule has 0 saturated carbocycles. The number of rotatable bonds is 17. The van der Waals surface area contributed by atoms with Crippen LogP contribution in [0.3, 0.4) is 0 Å². The van der Waals surface area contributed by atoms with Gasteiger partial charge in [0, 0.05) is 23.2 Å². The van der Waals surface area contributed by atoms with E-state index in [9.17, 15) is 0 Å². The third kappa shape index (κ3) is 14.1. The molecule has 47 heavy (non-hydrogen) atoms. The summed E-state index contributed by atoms with van der Waals surface area (Å²) in [5.74, 6) is 1.72. The number of nitrogens with zero attached hydrogens (tertiary/aromatic N) is 1. The van der Waals surface area contributed by atoms with Crippen molar-refractivity contribution in [2.24, 2.45) is 22.7 Å². The van der Waals surface area contributed by atoms with Gasteiger partial charge in [0.05, 0.1) is 11.4 Å². The summed E-state index contributed by atoms with van der Waals surface area (Å²) in [7, 11) is 0. The summed E-state index contributed by atoms with van der Waals surface area (Å²) in [6.07, 6.45) is 17.0. The molecular weight excluding hydrogens is 569 g/mol. The Balaban J connectivity index is 0.00000208. The Kier molecular flexibility index (Phi) is 21.1. The van der Waals surface area contributed by atoms with E-state index in [1.165, 1.54) is 79.3 Å². The minimum atomic E-state index is 0.220. The summed E-state index contributed by atoms with van der Waals surface area (Å²) in [6.45, 7) is 31.4. The first-order valence-corrected chi connectivity index (χ1v) is 18.5. The SMILES string of the molecule is C=C/C(C)=C1/N=C(c2ccccc2C)C=C(NC(CCC)CCC(C)C(CCC)CCCC(=C)c2ccccc2)C1C.C=CC.CC. The maximum Gasteiger partial charge on any atom is 0.0725 e. The Morgan fingerprint density at radius 1 is 0.915 bits per heavy atom. The van der Waals surface area contributed by atoms with Gasteiger partial charge >= 0.3 is 0 Å². The minimum absolute atomic E-state index is 0.220. The van der Waals surface area contributed by atoms with E-state index in [4.69, 9.17) is 4.99 Å². The van der Waals surface area contributed by atoms with Gasteiger partial charge in [0.2, 0.25) is 0 Å². The molecule has 0 radical (unpaired) electrons. The van der Waals surface area contributed by atoms with Crippen molar-refractivity contribution in [3.8, 4) is 0 Å². The zero-order chi connectivity index (χ0) is 35.2. The zero-order valence-electron chi connectivity index (χ0n) is 31.7. The number of allylic oxidation sites excluding steroid dienone is 5. The van der Waals surface area contributed by atoms with E-state index in [-0.39, 0.29) is 5.92 Å². The van der Waals surface area contributed by atoms with Crippen molar-refractivity contribution >= 4 is 11.3 Å². The highest BCUT2D eigenvalue weighted by Crippen LogP contribution is 2.32. The largest absolute Gasteiger partial charge is 0.385 e. The Morgan fingerprint density at radius 3 is 2.13 bits per heavy atom. The summed E-state index contributed by atoms with van der Waals surface area (Å²) in [5, 5.41) is 4.04. The summed E-state index contributed by atoms with van der Waals surface area (Å²) in [5.41, 5.74) is 9.63. The molecule has 2 aromatic carbocycles. The molecule has 1 aliphatic heterocycles. The standard InChI is InChI=1S/C40H56N2.C3H6.C2H6/c1-9-18-34(24-17-21-30(5)35-22-13-12-14-23-35)31(6)26-27-36(19-10-2)41-38-28-39(37-25-16-15-20-32(37)7)42-40(33(38)8)29(4)11-3;1-3-2;1-2/h11-16,20,22-23,25,28,31,33-34,36,41H,3,5,9-10,17-19,21,24,26-27H2,1-2,4,6-8H3;3H,1H2,2H3;1-2H3/b40-29+;;. The maximum atomic E-state index is 5.15. The van der Waals surface area contributed by atoms with Crippen LogP contribution in [0.2, 0.25) is 0 Å². The quantitative estimate of drug-likeness (QED) is 0.172. The second kappa shape index (κ2) is 23.9. The van der Waals surface area contributed by atoms with Crippen molar-refractivity contribution < 1.29 is 0 Å². The van der Waals surface area contributed by atoms with E-state index in [0.29, 0.717) is 6.04 Å². The molecule has 0 spiro atoms. The van der Waals surface area contributed by atoms with Gasteiger partial charge in [0.1, 0.15) is 0 Å². The van der Waals surface area contributed by atoms with Crippen LogP contribution >= 0.6 is 0 Å². The van der Waals surface area contributed by atoms with Gasteiger partial charge < -0.3 is 5.32 Å². The molecule has 0 amide bonds. The lowest BCUT2D eigenvalue weighted by Gasteiger charge is -2.31. The molecule has 0 aromatic heterocycles. The Bertz CT molecular complexity index is 1290. The molecule has 4 unspecified atom stereocenters. The Morgan fingerprint density at radius 2 is 1.53 bits per heavy atom. The van der Waals surface area contributed by atoms with Gasteiger partial charge in [-0.05, 0) is 99.5 Å². The molecule has 0 saturated heterocycles. The fourth-order valence-corrected chi connectivity index (χ4v) is 6.43. The lowest BCUT2D eigenvalue weighted by atomic mass is 9.81. The molecule has 0 bridgehead atoms. The van der Waals surface area contributed by atoms with Crippen LogP contribution in [0.25, 0.3) is 5.57 Å². The second-order valence-electron chi connectivity index (χ2n) is 12.9. The number of dihydropyridines is 1. The summed E-state index contributed by atoms with van der Waals surface area (Å²) in [4.78, 5) is 5.15. The molecule has 0 aliphatic carbocycles. The van der Waals surface area contributed by atoms with E-state index in [2.05, 4.69) is 127 Å². The topological polar surface area (TPSA) is 24.4 Å². The molecule has 2 nitrogen and oxygen atoms in total. The lowest BCUT2D eigenvalue weighted by molar-refractivity contribution is 0.274.